The first-order chi connectivity index (χ1) is 8.61. The van der Waals surface area contributed by atoms with Gasteiger partial charge < -0.3 is 10.5 Å². The van der Waals surface area contributed by atoms with Gasteiger partial charge >= 0.3 is 0 Å². The average molecular weight is 324 g/mol. The summed E-state index contributed by atoms with van der Waals surface area (Å²) in [7, 11) is 0. The van der Waals surface area contributed by atoms with Crippen molar-refractivity contribution in [3.8, 4) is 17.6 Å². The molecule has 3 nitrogen and oxygen atoms in total. The van der Waals surface area contributed by atoms with Crippen LogP contribution in [0.25, 0.3) is 0 Å². The number of hydrogen-bond acceptors (Lipinski definition) is 3. The van der Waals surface area contributed by atoms with Gasteiger partial charge in [0.25, 0.3) is 0 Å². The highest BCUT2D eigenvalue weighted by Crippen LogP contribution is 2.35. The molecular formula is C13H8BrClN2O. The standard InChI is InChI=1S/C13H8BrClN2O/c14-10-2-1-3-12(17)13(10)18-9-5-4-8(7-16)11(15)6-9/h1-6H,17H2. The predicted octanol–water partition coefficient (Wildman–Crippen LogP) is 4.35. The summed E-state index contributed by atoms with van der Waals surface area (Å²) < 4.78 is 6.41. The molecule has 0 atom stereocenters. The van der Waals surface area contributed by atoms with E-state index < -0.39 is 0 Å². The molecule has 0 amide bonds. The van der Waals surface area contributed by atoms with Crippen LogP contribution in [0.15, 0.2) is 40.9 Å². The largest absolute Gasteiger partial charge is 0.454 e. The average Bonchev–Trinajstić information content (AvgIpc) is 2.34. The number of hydrogen-bond donors (Lipinski definition) is 1. The summed E-state index contributed by atoms with van der Waals surface area (Å²) in [6.45, 7) is 0. The number of rotatable bonds is 2. The Bertz CT molecular complexity index is 617. The summed E-state index contributed by atoms with van der Waals surface area (Å²) in [5, 5.41) is 9.13. The lowest BCUT2D eigenvalue weighted by atomic mass is 10.2. The van der Waals surface area contributed by atoms with Crippen molar-refractivity contribution in [2.75, 3.05) is 5.73 Å². The molecule has 0 spiro atoms. The second-order valence-corrected chi connectivity index (χ2v) is 4.78. The molecule has 2 rings (SSSR count). The van der Waals surface area contributed by atoms with Crippen LogP contribution < -0.4 is 10.5 Å². The number of anilines is 1. The summed E-state index contributed by atoms with van der Waals surface area (Å²) in [4.78, 5) is 0. The van der Waals surface area contributed by atoms with E-state index in [1.54, 1.807) is 24.3 Å². The van der Waals surface area contributed by atoms with E-state index in [4.69, 9.17) is 27.3 Å². The topological polar surface area (TPSA) is 59.0 Å². The molecule has 0 bridgehead atoms. The Labute approximate surface area is 118 Å². The van der Waals surface area contributed by atoms with E-state index in [9.17, 15) is 0 Å². The highest BCUT2D eigenvalue weighted by molar-refractivity contribution is 9.10. The molecule has 0 fully saturated rings. The highest BCUT2D eigenvalue weighted by atomic mass is 79.9. The van der Waals surface area contributed by atoms with Gasteiger partial charge in [0.1, 0.15) is 11.8 Å². The molecular weight excluding hydrogens is 316 g/mol. The summed E-state index contributed by atoms with van der Waals surface area (Å²) in [5.41, 5.74) is 6.75. The van der Waals surface area contributed by atoms with E-state index in [0.717, 1.165) is 4.47 Å². The van der Waals surface area contributed by atoms with Gasteiger partial charge in [0, 0.05) is 6.07 Å². The summed E-state index contributed by atoms with van der Waals surface area (Å²) >= 11 is 9.29. The fraction of sp³-hybridized carbons (Fsp3) is 0. The van der Waals surface area contributed by atoms with E-state index in [-0.39, 0.29) is 0 Å². The van der Waals surface area contributed by atoms with Crippen LogP contribution in [0.1, 0.15) is 5.56 Å². The maximum Gasteiger partial charge on any atom is 0.164 e. The van der Waals surface area contributed by atoms with E-state index in [2.05, 4.69) is 15.9 Å². The molecule has 0 saturated heterocycles. The SMILES string of the molecule is N#Cc1ccc(Oc2c(N)cccc2Br)cc1Cl. The van der Waals surface area contributed by atoms with Crippen molar-refractivity contribution in [1.82, 2.24) is 0 Å². The van der Waals surface area contributed by atoms with Crippen molar-refractivity contribution >= 4 is 33.2 Å². The lowest BCUT2D eigenvalue weighted by Crippen LogP contribution is -1.93. The van der Waals surface area contributed by atoms with Crippen LogP contribution in [0.5, 0.6) is 11.5 Å². The van der Waals surface area contributed by atoms with E-state index in [1.807, 2.05) is 18.2 Å². The molecule has 2 aromatic rings. The number of halogens is 2. The number of ether oxygens (including phenoxy) is 1. The second kappa shape index (κ2) is 5.30. The van der Waals surface area contributed by atoms with Crippen LogP contribution >= 0.6 is 27.5 Å². The molecule has 0 aliphatic heterocycles. The first kappa shape index (κ1) is 12.7. The van der Waals surface area contributed by atoms with Crippen LogP contribution in [-0.4, -0.2) is 0 Å². The Balaban J connectivity index is 2.35. The zero-order chi connectivity index (χ0) is 13.1. The first-order valence-corrected chi connectivity index (χ1v) is 6.20. The van der Waals surface area contributed by atoms with Crippen molar-refractivity contribution in [3.63, 3.8) is 0 Å². The molecule has 0 heterocycles. The lowest BCUT2D eigenvalue weighted by Gasteiger charge is -2.10. The van der Waals surface area contributed by atoms with E-state index in [1.165, 1.54) is 0 Å². The van der Waals surface area contributed by atoms with Crippen LogP contribution in [-0.2, 0) is 0 Å². The Kier molecular flexibility index (Phi) is 3.75. The molecule has 0 saturated carbocycles. The number of para-hydroxylation sites is 1. The number of nitriles is 1. The minimum atomic E-state index is 0.348. The van der Waals surface area contributed by atoms with Crippen LogP contribution in [0, 0.1) is 11.3 Å². The minimum absolute atomic E-state index is 0.348. The third-order valence-corrected chi connectivity index (χ3v) is 3.22. The van der Waals surface area contributed by atoms with Gasteiger partial charge in [0.15, 0.2) is 5.75 Å². The van der Waals surface area contributed by atoms with Gasteiger partial charge in [-0.15, -0.1) is 0 Å². The second-order valence-electron chi connectivity index (χ2n) is 3.51. The predicted molar refractivity (Wildman–Crippen MR) is 74.8 cm³/mol. The summed E-state index contributed by atoms with van der Waals surface area (Å²) in [5.74, 6) is 1.05. The molecule has 2 aromatic carbocycles. The fourth-order valence-corrected chi connectivity index (χ4v) is 2.08. The monoisotopic (exact) mass is 322 g/mol. The molecule has 0 aliphatic rings. The quantitative estimate of drug-likeness (QED) is 0.836. The van der Waals surface area contributed by atoms with Gasteiger partial charge in [-0.2, -0.15) is 5.26 Å². The van der Waals surface area contributed by atoms with Gasteiger partial charge in [0.05, 0.1) is 20.7 Å². The van der Waals surface area contributed by atoms with E-state index in [0.29, 0.717) is 27.8 Å². The summed E-state index contributed by atoms with van der Waals surface area (Å²) in [6, 6.07) is 12.2. The smallest absolute Gasteiger partial charge is 0.164 e. The van der Waals surface area contributed by atoms with Gasteiger partial charge in [-0.25, -0.2) is 0 Å². The third kappa shape index (κ3) is 2.58. The highest BCUT2D eigenvalue weighted by Gasteiger charge is 2.08. The lowest BCUT2D eigenvalue weighted by molar-refractivity contribution is 0.482. The molecule has 0 aromatic heterocycles. The van der Waals surface area contributed by atoms with E-state index >= 15 is 0 Å². The van der Waals surface area contributed by atoms with Crippen molar-refractivity contribution in [1.29, 1.82) is 5.26 Å². The van der Waals surface area contributed by atoms with Gasteiger partial charge in [-0.1, -0.05) is 17.7 Å². The van der Waals surface area contributed by atoms with Gasteiger partial charge in [0.2, 0.25) is 0 Å². The van der Waals surface area contributed by atoms with Crippen molar-refractivity contribution < 1.29 is 4.74 Å². The minimum Gasteiger partial charge on any atom is -0.454 e. The molecule has 2 N–H and O–H groups in total. The fourth-order valence-electron chi connectivity index (χ4n) is 1.40. The van der Waals surface area contributed by atoms with Gasteiger partial charge in [-0.05, 0) is 40.2 Å². The number of nitrogen functional groups attached to an aromatic ring is 1. The van der Waals surface area contributed by atoms with Crippen molar-refractivity contribution in [2.45, 2.75) is 0 Å². The molecule has 0 unspecified atom stereocenters. The molecule has 90 valence electrons. The van der Waals surface area contributed by atoms with Crippen LogP contribution in [0.2, 0.25) is 5.02 Å². The van der Waals surface area contributed by atoms with Crippen molar-refractivity contribution in [2.24, 2.45) is 0 Å². The molecule has 0 aliphatic carbocycles. The Morgan fingerprint density at radius 2 is 2.06 bits per heavy atom. The van der Waals surface area contributed by atoms with Crippen LogP contribution in [0.4, 0.5) is 5.69 Å². The molecule has 5 heteroatoms. The zero-order valence-electron chi connectivity index (χ0n) is 9.15. The maximum atomic E-state index is 8.78. The Morgan fingerprint density at radius 1 is 1.28 bits per heavy atom. The number of benzene rings is 2. The number of nitrogens with zero attached hydrogens (tertiary/aromatic N) is 1. The van der Waals surface area contributed by atoms with Gasteiger partial charge in [-0.3, -0.25) is 0 Å². The molecule has 0 radical (unpaired) electrons. The zero-order valence-corrected chi connectivity index (χ0v) is 11.5. The van der Waals surface area contributed by atoms with Crippen molar-refractivity contribution in [3.05, 3.63) is 51.5 Å². The van der Waals surface area contributed by atoms with Crippen LogP contribution in [0.3, 0.4) is 0 Å². The Morgan fingerprint density at radius 3 is 2.67 bits per heavy atom. The summed E-state index contributed by atoms with van der Waals surface area (Å²) in [6.07, 6.45) is 0. The Hall–Kier alpha value is -1.70. The number of nitrogens with two attached hydrogens (primary N) is 1. The molecule has 18 heavy (non-hydrogen) atoms. The normalized spacial score (nSPS) is 9.83. The third-order valence-electron chi connectivity index (χ3n) is 2.28. The maximum absolute atomic E-state index is 8.78. The first-order valence-electron chi connectivity index (χ1n) is 5.03.